The zero-order valence-corrected chi connectivity index (χ0v) is 18.1. The van der Waals surface area contributed by atoms with Crippen LogP contribution in [-0.4, -0.2) is 25.7 Å². The molecular formula is C24H25N5OS. The van der Waals surface area contributed by atoms with E-state index in [0.29, 0.717) is 13.1 Å². The molecule has 0 spiro atoms. The van der Waals surface area contributed by atoms with E-state index in [4.69, 9.17) is 4.98 Å². The molecule has 2 aromatic heterocycles. The molecule has 2 atom stereocenters. The maximum Gasteiger partial charge on any atom is 0.224 e. The Hall–Kier alpha value is -3.06. The molecule has 2 heterocycles. The van der Waals surface area contributed by atoms with Gasteiger partial charge in [-0.2, -0.15) is 5.10 Å². The van der Waals surface area contributed by atoms with E-state index in [1.54, 1.807) is 22.3 Å². The van der Waals surface area contributed by atoms with Gasteiger partial charge < -0.3 is 5.32 Å². The van der Waals surface area contributed by atoms with Crippen LogP contribution >= 0.6 is 11.3 Å². The molecule has 4 aromatic rings. The maximum absolute atomic E-state index is 13.1. The fourth-order valence-electron chi connectivity index (χ4n) is 4.37. The number of hydrogen-bond donors (Lipinski definition) is 1. The first-order valence-electron chi connectivity index (χ1n) is 10.8. The summed E-state index contributed by atoms with van der Waals surface area (Å²) in [7, 11) is 0. The van der Waals surface area contributed by atoms with Crippen molar-refractivity contribution in [2.24, 2.45) is 5.92 Å². The van der Waals surface area contributed by atoms with Crippen LogP contribution in [0.2, 0.25) is 0 Å². The predicted molar refractivity (Wildman–Crippen MR) is 122 cm³/mol. The number of fused-ring (bicyclic) bond motifs is 1. The van der Waals surface area contributed by atoms with E-state index in [2.05, 4.69) is 51.8 Å². The van der Waals surface area contributed by atoms with Gasteiger partial charge in [0.05, 0.1) is 21.8 Å². The van der Waals surface area contributed by atoms with Crippen molar-refractivity contribution in [1.82, 2.24) is 25.1 Å². The Balaban J connectivity index is 1.23. The van der Waals surface area contributed by atoms with Crippen LogP contribution in [0.15, 0.2) is 61.2 Å². The molecule has 1 aliphatic carbocycles. The summed E-state index contributed by atoms with van der Waals surface area (Å²) in [5, 5.41) is 8.42. The molecule has 0 unspecified atom stereocenters. The summed E-state index contributed by atoms with van der Waals surface area (Å²) in [4.78, 5) is 21.9. The van der Waals surface area contributed by atoms with Crippen molar-refractivity contribution in [3.63, 3.8) is 0 Å². The summed E-state index contributed by atoms with van der Waals surface area (Å²) >= 11 is 1.74. The summed E-state index contributed by atoms with van der Waals surface area (Å²) in [5.74, 6) is 0.368. The first kappa shape index (κ1) is 19.9. The third-order valence-electron chi connectivity index (χ3n) is 6.03. The second kappa shape index (κ2) is 8.98. The average molecular weight is 432 g/mol. The van der Waals surface area contributed by atoms with E-state index in [9.17, 15) is 4.79 Å². The monoisotopic (exact) mass is 431 g/mol. The zero-order valence-electron chi connectivity index (χ0n) is 17.3. The number of carbonyl (C=O) groups is 1. The standard InChI is InChI=1S/C24H25N5OS/c30-23(26-13-17-9-11-18(12-10-17)14-29-16-25-15-27-29)19-5-1-2-6-20(19)24-28-21-7-3-4-8-22(21)31-24/h3-4,7-12,15-16,19-20H,1-2,5-6,13-14H2,(H,26,30)/t19-,20+/m0/s1. The first-order chi connectivity index (χ1) is 15.3. The molecule has 5 rings (SSSR count). The molecular weight excluding hydrogens is 406 g/mol. The number of rotatable bonds is 6. The van der Waals surface area contributed by atoms with Gasteiger partial charge in [0.1, 0.15) is 12.7 Å². The van der Waals surface area contributed by atoms with Gasteiger partial charge in [-0.3, -0.25) is 4.79 Å². The van der Waals surface area contributed by atoms with Gasteiger partial charge in [-0.25, -0.2) is 14.6 Å². The number of carbonyl (C=O) groups excluding carboxylic acids is 1. The SMILES string of the molecule is O=C(NCc1ccc(Cn2cncn2)cc1)[C@H]1CCCC[C@H]1c1nc2ccccc2s1. The Bertz CT molecular complexity index is 1120. The van der Waals surface area contributed by atoms with Crippen LogP contribution in [0.5, 0.6) is 0 Å². The van der Waals surface area contributed by atoms with Gasteiger partial charge in [0.2, 0.25) is 5.91 Å². The van der Waals surface area contributed by atoms with E-state index < -0.39 is 0 Å². The number of benzene rings is 2. The highest BCUT2D eigenvalue weighted by Gasteiger charge is 2.33. The smallest absolute Gasteiger partial charge is 0.224 e. The molecule has 0 aliphatic heterocycles. The van der Waals surface area contributed by atoms with Crippen LogP contribution in [0.25, 0.3) is 10.2 Å². The minimum Gasteiger partial charge on any atom is -0.352 e. The normalized spacial score (nSPS) is 18.8. The molecule has 1 N–H and O–H groups in total. The second-order valence-electron chi connectivity index (χ2n) is 8.14. The first-order valence-corrected chi connectivity index (χ1v) is 11.6. The van der Waals surface area contributed by atoms with Crippen LogP contribution in [0.4, 0.5) is 0 Å². The number of hydrogen-bond acceptors (Lipinski definition) is 5. The quantitative estimate of drug-likeness (QED) is 0.487. The predicted octanol–water partition coefficient (Wildman–Crippen LogP) is 4.53. The van der Waals surface area contributed by atoms with E-state index >= 15 is 0 Å². The summed E-state index contributed by atoms with van der Waals surface area (Å²) < 4.78 is 3.00. The van der Waals surface area contributed by atoms with Gasteiger partial charge in [0.25, 0.3) is 0 Å². The lowest BCUT2D eigenvalue weighted by molar-refractivity contribution is -0.126. The van der Waals surface area contributed by atoms with Crippen molar-refractivity contribution >= 4 is 27.5 Å². The molecule has 1 amide bonds. The van der Waals surface area contributed by atoms with Crippen LogP contribution in [0, 0.1) is 5.92 Å². The molecule has 158 valence electrons. The van der Waals surface area contributed by atoms with Crippen LogP contribution < -0.4 is 5.32 Å². The highest BCUT2D eigenvalue weighted by atomic mass is 32.1. The molecule has 31 heavy (non-hydrogen) atoms. The largest absolute Gasteiger partial charge is 0.352 e. The number of amides is 1. The molecule has 0 radical (unpaired) electrons. The topological polar surface area (TPSA) is 72.7 Å². The number of thiazole rings is 1. The van der Waals surface area contributed by atoms with E-state index in [-0.39, 0.29) is 17.7 Å². The van der Waals surface area contributed by atoms with Gasteiger partial charge in [0, 0.05) is 18.4 Å². The third kappa shape index (κ3) is 4.51. The van der Waals surface area contributed by atoms with Gasteiger partial charge >= 0.3 is 0 Å². The van der Waals surface area contributed by atoms with E-state index in [1.165, 1.54) is 11.0 Å². The molecule has 1 aliphatic rings. The van der Waals surface area contributed by atoms with Crippen LogP contribution in [0.3, 0.4) is 0 Å². The summed E-state index contributed by atoms with van der Waals surface area (Å²) in [5.41, 5.74) is 3.30. The van der Waals surface area contributed by atoms with Gasteiger partial charge in [-0.1, -0.05) is 49.2 Å². The fraction of sp³-hybridized carbons (Fsp3) is 0.333. The van der Waals surface area contributed by atoms with Crippen molar-refractivity contribution in [2.75, 3.05) is 0 Å². The number of nitrogens with zero attached hydrogens (tertiary/aromatic N) is 4. The second-order valence-corrected chi connectivity index (χ2v) is 9.21. The Kier molecular flexibility index (Phi) is 5.76. The maximum atomic E-state index is 13.1. The molecule has 1 saturated carbocycles. The van der Waals surface area contributed by atoms with Crippen LogP contribution in [-0.2, 0) is 17.9 Å². The van der Waals surface area contributed by atoms with Crippen molar-refractivity contribution in [1.29, 1.82) is 0 Å². The third-order valence-corrected chi connectivity index (χ3v) is 7.20. The number of para-hydroxylation sites is 1. The average Bonchev–Trinajstić information content (AvgIpc) is 3.48. The van der Waals surface area contributed by atoms with Crippen molar-refractivity contribution in [2.45, 2.75) is 44.7 Å². The van der Waals surface area contributed by atoms with E-state index in [0.717, 1.165) is 47.3 Å². The summed E-state index contributed by atoms with van der Waals surface area (Å²) in [6, 6.07) is 16.5. The molecule has 7 heteroatoms. The minimum absolute atomic E-state index is 0.000834. The highest BCUT2D eigenvalue weighted by Crippen LogP contribution is 2.40. The van der Waals surface area contributed by atoms with Gasteiger partial charge in [-0.15, -0.1) is 11.3 Å². The van der Waals surface area contributed by atoms with Crippen molar-refractivity contribution in [3.8, 4) is 0 Å². The van der Waals surface area contributed by atoms with Crippen LogP contribution in [0.1, 0.15) is 47.7 Å². The van der Waals surface area contributed by atoms with Crippen molar-refractivity contribution < 1.29 is 4.79 Å². The number of nitrogens with one attached hydrogen (secondary N) is 1. The Morgan fingerprint density at radius 2 is 1.87 bits per heavy atom. The van der Waals surface area contributed by atoms with Gasteiger partial charge in [-0.05, 0) is 36.1 Å². The Morgan fingerprint density at radius 3 is 2.68 bits per heavy atom. The Morgan fingerprint density at radius 1 is 1.06 bits per heavy atom. The lowest BCUT2D eigenvalue weighted by atomic mass is 9.79. The highest BCUT2D eigenvalue weighted by molar-refractivity contribution is 7.18. The Labute approximate surface area is 185 Å². The lowest BCUT2D eigenvalue weighted by Gasteiger charge is -2.29. The molecule has 6 nitrogen and oxygen atoms in total. The van der Waals surface area contributed by atoms with Crippen molar-refractivity contribution in [3.05, 3.63) is 77.3 Å². The fourth-order valence-corrected chi connectivity index (χ4v) is 5.54. The zero-order chi connectivity index (χ0) is 21.0. The molecule has 0 saturated heterocycles. The van der Waals surface area contributed by atoms with Gasteiger partial charge in [0.15, 0.2) is 0 Å². The molecule has 2 aromatic carbocycles. The molecule has 1 fully saturated rings. The number of aromatic nitrogens is 4. The lowest BCUT2D eigenvalue weighted by Crippen LogP contribution is -2.35. The summed E-state index contributed by atoms with van der Waals surface area (Å²) in [6.45, 7) is 1.24. The van der Waals surface area contributed by atoms with E-state index in [1.807, 2.05) is 12.1 Å². The minimum atomic E-state index is 0.000834. The summed E-state index contributed by atoms with van der Waals surface area (Å²) in [6.07, 6.45) is 7.49. The molecule has 0 bridgehead atoms.